The Morgan fingerprint density at radius 1 is 0.724 bits per heavy atom. The van der Waals surface area contributed by atoms with Crippen LogP contribution in [0, 0.1) is 0 Å². The molecule has 0 saturated carbocycles. The van der Waals surface area contributed by atoms with Crippen molar-refractivity contribution in [1.29, 1.82) is 0 Å². The highest BCUT2D eigenvalue weighted by molar-refractivity contribution is 5.96. The Bertz CT molecular complexity index is 1000. The molecule has 2 aromatic heterocycles. The molecule has 0 aliphatic rings. The van der Waals surface area contributed by atoms with E-state index < -0.39 is 0 Å². The van der Waals surface area contributed by atoms with Crippen LogP contribution in [0.25, 0.3) is 27.6 Å². The first kappa shape index (κ1) is 24.6. The smallest absolute Gasteiger partial charge is 0.148 e. The maximum absolute atomic E-state index is 4.92. The van der Waals surface area contributed by atoms with Crippen LogP contribution in [0.3, 0.4) is 0 Å². The van der Waals surface area contributed by atoms with Gasteiger partial charge in [-0.05, 0) is 24.3 Å². The topological polar surface area (TPSA) is 30.2 Å². The number of hydrogen-bond acceptors (Lipinski definition) is 2. The first-order chi connectivity index (χ1) is 14.0. The zero-order chi connectivity index (χ0) is 22.0. The van der Waals surface area contributed by atoms with E-state index in [4.69, 9.17) is 9.97 Å². The van der Waals surface area contributed by atoms with Crippen molar-refractivity contribution in [3.8, 4) is 0 Å². The van der Waals surface area contributed by atoms with Crippen LogP contribution in [0.15, 0.2) is 48.5 Å². The van der Waals surface area contributed by atoms with Gasteiger partial charge in [-0.15, -0.1) is 0 Å². The van der Waals surface area contributed by atoms with Crippen molar-refractivity contribution >= 4 is 27.6 Å². The lowest BCUT2D eigenvalue weighted by Crippen LogP contribution is -2.18. The van der Waals surface area contributed by atoms with Crippen LogP contribution in [0.4, 0.5) is 0 Å². The second-order valence-corrected chi connectivity index (χ2v) is 7.46. The minimum Gasteiger partial charge on any atom is -0.279 e. The summed E-state index contributed by atoms with van der Waals surface area (Å²) >= 11 is 0. The molecule has 2 heterocycles. The molecule has 0 N–H and O–H groups in total. The van der Waals surface area contributed by atoms with E-state index in [2.05, 4.69) is 69.4 Å². The summed E-state index contributed by atoms with van der Waals surface area (Å²) in [6, 6.07) is 16.5. The van der Waals surface area contributed by atoms with Gasteiger partial charge in [-0.3, -0.25) is 4.40 Å². The summed E-state index contributed by atoms with van der Waals surface area (Å²) in [6.45, 7) is 18.9. The van der Waals surface area contributed by atoms with Crippen LogP contribution in [0.1, 0.15) is 81.0 Å². The largest absolute Gasteiger partial charge is 0.279 e. The van der Waals surface area contributed by atoms with Crippen LogP contribution < -0.4 is 0 Å². The second-order valence-electron chi connectivity index (χ2n) is 7.46. The molecule has 0 spiro atoms. The molecule has 3 heteroatoms. The van der Waals surface area contributed by atoms with Gasteiger partial charge in [0.1, 0.15) is 11.5 Å². The van der Waals surface area contributed by atoms with Gasteiger partial charge in [0, 0.05) is 10.8 Å². The standard InChI is InChI=1S/C18H17N3.C4H10.2C2H6/c1-18(2,3)17-20-13-9-5-4-8-12(13)16-19-14-10-6-7-11-15(14)21(16)17;1-3-4-2;2*1-2/h4-11H,1-3H3;3-4H2,1-2H3;2*1-2H3. The van der Waals surface area contributed by atoms with Crippen molar-refractivity contribution in [1.82, 2.24) is 14.4 Å². The number of aromatic nitrogens is 3. The molecule has 4 aromatic rings. The fourth-order valence-electron chi connectivity index (χ4n) is 2.85. The number of nitrogens with zero attached hydrogens (tertiary/aromatic N) is 3. The quantitative estimate of drug-likeness (QED) is 0.326. The Kier molecular flexibility index (Phi) is 9.80. The maximum Gasteiger partial charge on any atom is 0.148 e. The highest BCUT2D eigenvalue weighted by Gasteiger charge is 2.22. The molecule has 3 nitrogen and oxygen atoms in total. The summed E-state index contributed by atoms with van der Waals surface area (Å²) in [5.74, 6) is 1.05. The number of fused-ring (bicyclic) bond motifs is 5. The Hall–Kier alpha value is -2.42. The van der Waals surface area contributed by atoms with E-state index in [9.17, 15) is 0 Å². The molecule has 0 bridgehead atoms. The Balaban J connectivity index is 0.000000463. The molecule has 0 atom stereocenters. The van der Waals surface area contributed by atoms with Gasteiger partial charge in [0.25, 0.3) is 0 Å². The van der Waals surface area contributed by atoms with Crippen molar-refractivity contribution in [2.45, 2.75) is 80.6 Å². The van der Waals surface area contributed by atoms with Crippen molar-refractivity contribution in [3.63, 3.8) is 0 Å². The van der Waals surface area contributed by atoms with E-state index in [-0.39, 0.29) is 5.41 Å². The predicted molar refractivity (Wildman–Crippen MR) is 130 cm³/mol. The third-order valence-corrected chi connectivity index (χ3v) is 4.31. The lowest BCUT2D eigenvalue weighted by Gasteiger charge is -2.20. The van der Waals surface area contributed by atoms with E-state index in [1.54, 1.807) is 0 Å². The molecule has 29 heavy (non-hydrogen) atoms. The molecular weight excluding hydrogens is 354 g/mol. The van der Waals surface area contributed by atoms with E-state index >= 15 is 0 Å². The number of benzene rings is 2. The first-order valence-electron chi connectivity index (χ1n) is 11.1. The molecule has 0 amide bonds. The maximum atomic E-state index is 4.92. The van der Waals surface area contributed by atoms with Gasteiger partial charge in [0.2, 0.25) is 0 Å². The van der Waals surface area contributed by atoms with E-state index in [0.29, 0.717) is 0 Å². The summed E-state index contributed by atoms with van der Waals surface area (Å²) in [5, 5.41) is 1.10. The summed E-state index contributed by atoms with van der Waals surface area (Å²) < 4.78 is 2.21. The zero-order valence-electron chi connectivity index (χ0n) is 19.9. The fourth-order valence-corrected chi connectivity index (χ4v) is 2.85. The lowest BCUT2D eigenvalue weighted by atomic mass is 9.95. The predicted octanol–water partition coefficient (Wildman–Crippen LogP) is 8.19. The first-order valence-corrected chi connectivity index (χ1v) is 11.1. The number of unbranched alkanes of at least 4 members (excludes halogenated alkanes) is 1. The lowest BCUT2D eigenvalue weighted by molar-refractivity contribution is 0.542. The second kappa shape index (κ2) is 11.5. The number of imidazole rings is 1. The van der Waals surface area contributed by atoms with E-state index in [0.717, 1.165) is 33.4 Å². The number of para-hydroxylation sites is 3. The SMILES string of the molecule is CC.CC.CC(C)(C)c1nc2ccccc2c2nc3ccccc3n12.CCCC. The third kappa shape index (κ3) is 5.56. The summed E-state index contributed by atoms with van der Waals surface area (Å²) in [6.07, 6.45) is 2.64. The highest BCUT2D eigenvalue weighted by Crippen LogP contribution is 2.29. The number of rotatable bonds is 1. The minimum absolute atomic E-state index is 0.0498. The van der Waals surface area contributed by atoms with Gasteiger partial charge >= 0.3 is 0 Å². The molecular formula is C26H39N3. The molecule has 0 fully saturated rings. The van der Waals surface area contributed by atoms with Gasteiger partial charge in [0.05, 0.1) is 16.6 Å². The Morgan fingerprint density at radius 3 is 1.79 bits per heavy atom. The average molecular weight is 394 g/mol. The van der Waals surface area contributed by atoms with Crippen LogP contribution in [0.5, 0.6) is 0 Å². The Labute approximate surface area is 177 Å². The average Bonchev–Trinajstić information content (AvgIpc) is 3.15. The van der Waals surface area contributed by atoms with Gasteiger partial charge in [-0.2, -0.15) is 0 Å². The highest BCUT2D eigenvalue weighted by atomic mass is 15.1. The minimum atomic E-state index is -0.0498. The molecule has 0 saturated heterocycles. The third-order valence-electron chi connectivity index (χ3n) is 4.31. The molecule has 0 aliphatic carbocycles. The van der Waals surface area contributed by atoms with Gasteiger partial charge in [-0.25, -0.2) is 9.97 Å². The molecule has 2 aromatic carbocycles. The van der Waals surface area contributed by atoms with Crippen molar-refractivity contribution in [2.24, 2.45) is 0 Å². The van der Waals surface area contributed by atoms with Crippen LogP contribution in [-0.2, 0) is 5.41 Å². The molecule has 158 valence electrons. The zero-order valence-corrected chi connectivity index (χ0v) is 19.9. The van der Waals surface area contributed by atoms with E-state index in [1.807, 2.05) is 45.9 Å². The molecule has 0 aliphatic heterocycles. The van der Waals surface area contributed by atoms with Crippen molar-refractivity contribution < 1.29 is 0 Å². The summed E-state index contributed by atoms with van der Waals surface area (Å²) in [4.78, 5) is 9.76. The summed E-state index contributed by atoms with van der Waals surface area (Å²) in [7, 11) is 0. The van der Waals surface area contributed by atoms with Crippen LogP contribution in [-0.4, -0.2) is 14.4 Å². The van der Waals surface area contributed by atoms with Crippen molar-refractivity contribution in [2.75, 3.05) is 0 Å². The summed E-state index contributed by atoms with van der Waals surface area (Å²) in [5.41, 5.74) is 4.08. The number of hydrogen-bond donors (Lipinski definition) is 0. The molecule has 4 rings (SSSR count). The van der Waals surface area contributed by atoms with Crippen molar-refractivity contribution in [3.05, 3.63) is 54.4 Å². The van der Waals surface area contributed by atoms with E-state index in [1.165, 1.54) is 12.8 Å². The Morgan fingerprint density at radius 2 is 1.24 bits per heavy atom. The molecule has 0 radical (unpaired) electrons. The monoisotopic (exact) mass is 393 g/mol. The molecule has 0 unspecified atom stereocenters. The van der Waals surface area contributed by atoms with Crippen LogP contribution in [0.2, 0.25) is 0 Å². The van der Waals surface area contributed by atoms with Gasteiger partial charge in [-0.1, -0.05) is 99.4 Å². The fraction of sp³-hybridized carbons (Fsp3) is 0.462. The normalized spacial score (nSPS) is 10.5. The van der Waals surface area contributed by atoms with Gasteiger partial charge < -0.3 is 0 Å². The van der Waals surface area contributed by atoms with Gasteiger partial charge in [0.15, 0.2) is 0 Å². The van der Waals surface area contributed by atoms with Crippen LogP contribution >= 0.6 is 0 Å².